The summed E-state index contributed by atoms with van der Waals surface area (Å²) in [6.45, 7) is 2.31. The number of nitrogens with two attached hydrogens (primary N) is 1. The zero-order chi connectivity index (χ0) is 17.9. The predicted octanol–water partition coefficient (Wildman–Crippen LogP) is 2.77. The molecule has 1 aliphatic rings. The summed E-state index contributed by atoms with van der Waals surface area (Å²) < 4.78 is 41.4. The zero-order valence-corrected chi connectivity index (χ0v) is 14.6. The number of hydrogen-bond acceptors (Lipinski definition) is 4. The lowest BCUT2D eigenvalue weighted by Gasteiger charge is -2.33. The maximum Gasteiger partial charge on any atom is 0.238 e. The van der Waals surface area contributed by atoms with Gasteiger partial charge < -0.3 is 9.64 Å². The largest absolute Gasteiger partial charge is 0.493 e. The van der Waals surface area contributed by atoms with E-state index in [0.717, 1.165) is 31.6 Å². The van der Waals surface area contributed by atoms with Crippen molar-refractivity contribution in [3.05, 3.63) is 54.3 Å². The standard InChI is InChI=1S/C18H21FN2O3S/c19-15-2-1-3-17(12-15)24-13-14-8-10-21(11-9-14)16-4-6-18(7-5-16)25(20,22)23/h1-7,12,14H,8-11,13H2,(H2,20,22,23). The topological polar surface area (TPSA) is 72.6 Å². The highest BCUT2D eigenvalue weighted by Gasteiger charge is 2.20. The summed E-state index contributed by atoms with van der Waals surface area (Å²) in [5, 5.41) is 5.12. The fourth-order valence-corrected chi connectivity index (χ4v) is 3.49. The highest BCUT2D eigenvalue weighted by Crippen LogP contribution is 2.25. The molecule has 7 heteroatoms. The van der Waals surface area contributed by atoms with Gasteiger partial charge in [-0.25, -0.2) is 17.9 Å². The molecule has 25 heavy (non-hydrogen) atoms. The van der Waals surface area contributed by atoms with Crippen molar-refractivity contribution in [3.8, 4) is 5.75 Å². The summed E-state index contributed by atoms with van der Waals surface area (Å²) in [5.74, 6) is 0.680. The van der Waals surface area contributed by atoms with Crippen molar-refractivity contribution in [1.29, 1.82) is 0 Å². The van der Waals surface area contributed by atoms with Gasteiger partial charge in [-0.2, -0.15) is 0 Å². The first-order valence-corrected chi connectivity index (χ1v) is 9.72. The van der Waals surface area contributed by atoms with Crippen molar-refractivity contribution in [2.75, 3.05) is 24.6 Å². The minimum Gasteiger partial charge on any atom is -0.493 e. The van der Waals surface area contributed by atoms with E-state index in [0.29, 0.717) is 18.3 Å². The first-order valence-electron chi connectivity index (χ1n) is 8.18. The molecule has 0 spiro atoms. The van der Waals surface area contributed by atoms with Gasteiger partial charge in [0, 0.05) is 24.8 Å². The first kappa shape index (κ1) is 17.7. The number of sulfonamides is 1. The van der Waals surface area contributed by atoms with Gasteiger partial charge in [0.05, 0.1) is 11.5 Å². The van der Waals surface area contributed by atoms with Crippen molar-refractivity contribution in [3.63, 3.8) is 0 Å². The molecule has 0 atom stereocenters. The molecule has 0 bridgehead atoms. The van der Waals surface area contributed by atoms with Gasteiger partial charge in [0.2, 0.25) is 10.0 Å². The number of primary sulfonamides is 1. The molecule has 5 nitrogen and oxygen atoms in total. The van der Waals surface area contributed by atoms with Gasteiger partial charge in [-0.05, 0) is 55.2 Å². The van der Waals surface area contributed by atoms with E-state index in [2.05, 4.69) is 4.90 Å². The van der Waals surface area contributed by atoms with E-state index in [1.165, 1.54) is 24.3 Å². The Labute approximate surface area is 147 Å². The highest BCUT2D eigenvalue weighted by molar-refractivity contribution is 7.89. The predicted molar refractivity (Wildman–Crippen MR) is 94.6 cm³/mol. The van der Waals surface area contributed by atoms with Crippen molar-refractivity contribution in [1.82, 2.24) is 0 Å². The molecule has 0 amide bonds. The molecule has 0 unspecified atom stereocenters. The molecule has 2 aromatic carbocycles. The fraction of sp³-hybridized carbons (Fsp3) is 0.333. The van der Waals surface area contributed by atoms with Crippen LogP contribution in [0.15, 0.2) is 53.4 Å². The third kappa shape index (κ3) is 4.70. The first-order chi connectivity index (χ1) is 11.9. The van der Waals surface area contributed by atoms with Gasteiger partial charge in [0.15, 0.2) is 0 Å². The normalized spacial score (nSPS) is 16.0. The van der Waals surface area contributed by atoms with Gasteiger partial charge in [0.1, 0.15) is 11.6 Å². The Morgan fingerprint density at radius 2 is 1.80 bits per heavy atom. The molecule has 2 N–H and O–H groups in total. The van der Waals surface area contributed by atoms with Gasteiger partial charge in [0.25, 0.3) is 0 Å². The summed E-state index contributed by atoms with van der Waals surface area (Å²) in [5.41, 5.74) is 0.983. The van der Waals surface area contributed by atoms with Crippen LogP contribution in [0.4, 0.5) is 10.1 Å². The molecule has 1 saturated heterocycles. The van der Waals surface area contributed by atoms with Crippen molar-refractivity contribution in [2.45, 2.75) is 17.7 Å². The van der Waals surface area contributed by atoms with E-state index in [-0.39, 0.29) is 10.7 Å². The van der Waals surface area contributed by atoms with Crippen LogP contribution in [0.2, 0.25) is 0 Å². The quantitative estimate of drug-likeness (QED) is 0.885. The number of halogens is 1. The fourth-order valence-electron chi connectivity index (χ4n) is 2.98. The Bertz CT molecular complexity index is 816. The SMILES string of the molecule is NS(=O)(=O)c1ccc(N2CCC(COc3cccc(F)c3)CC2)cc1. The Kier molecular flexibility index (Phi) is 5.24. The van der Waals surface area contributed by atoms with E-state index < -0.39 is 10.0 Å². The van der Waals surface area contributed by atoms with Gasteiger partial charge in [-0.15, -0.1) is 0 Å². The van der Waals surface area contributed by atoms with Crippen LogP contribution in [0, 0.1) is 11.7 Å². The second-order valence-electron chi connectivity index (χ2n) is 6.24. The Hall–Kier alpha value is -2.12. The number of benzene rings is 2. The molecule has 1 aliphatic heterocycles. The van der Waals surface area contributed by atoms with Gasteiger partial charge >= 0.3 is 0 Å². The van der Waals surface area contributed by atoms with Crippen LogP contribution in [0.5, 0.6) is 5.75 Å². The Morgan fingerprint density at radius 1 is 1.12 bits per heavy atom. The van der Waals surface area contributed by atoms with E-state index in [9.17, 15) is 12.8 Å². The summed E-state index contributed by atoms with van der Waals surface area (Å²) in [7, 11) is -3.66. The van der Waals surface area contributed by atoms with Gasteiger partial charge in [-0.1, -0.05) is 6.07 Å². The van der Waals surface area contributed by atoms with Crippen molar-refractivity contribution in [2.24, 2.45) is 11.1 Å². The highest BCUT2D eigenvalue weighted by atomic mass is 32.2. The summed E-state index contributed by atoms with van der Waals surface area (Å²) in [6, 6.07) is 12.8. The van der Waals surface area contributed by atoms with Crippen LogP contribution in [0.1, 0.15) is 12.8 Å². The van der Waals surface area contributed by atoms with Gasteiger partial charge in [-0.3, -0.25) is 0 Å². The van der Waals surface area contributed by atoms with E-state index in [1.807, 2.05) is 0 Å². The maximum atomic E-state index is 13.1. The van der Waals surface area contributed by atoms with Crippen LogP contribution < -0.4 is 14.8 Å². The Balaban J connectivity index is 1.51. The minimum absolute atomic E-state index is 0.120. The average Bonchev–Trinajstić information content (AvgIpc) is 2.60. The number of piperidine rings is 1. The molecular weight excluding hydrogens is 343 g/mol. The third-order valence-electron chi connectivity index (χ3n) is 4.43. The third-order valence-corrected chi connectivity index (χ3v) is 5.36. The Morgan fingerprint density at radius 3 is 2.40 bits per heavy atom. The molecule has 134 valence electrons. The van der Waals surface area contributed by atoms with Crippen LogP contribution in [-0.2, 0) is 10.0 Å². The van der Waals surface area contributed by atoms with E-state index in [4.69, 9.17) is 9.88 Å². The molecule has 0 saturated carbocycles. The van der Waals surface area contributed by atoms with Crippen molar-refractivity contribution < 1.29 is 17.5 Å². The zero-order valence-electron chi connectivity index (χ0n) is 13.8. The second kappa shape index (κ2) is 7.41. The van der Waals surface area contributed by atoms with E-state index in [1.54, 1.807) is 24.3 Å². The molecule has 0 aliphatic carbocycles. The number of rotatable bonds is 5. The number of hydrogen-bond donors (Lipinski definition) is 1. The molecular formula is C18H21FN2O3S. The molecule has 1 fully saturated rings. The molecule has 2 aromatic rings. The van der Waals surface area contributed by atoms with Crippen LogP contribution in [0.25, 0.3) is 0 Å². The van der Waals surface area contributed by atoms with E-state index >= 15 is 0 Å². The lowest BCUT2D eigenvalue weighted by atomic mass is 9.97. The molecule has 3 rings (SSSR count). The minimum atomic E-state index is -3.66. The summed E-state index contributed by atoms with van der Waals surface area (Å²) in [6.07, 6.45) is 1.93. The van der Waals surface area contributed by atoms with Crippen LogP contribution in [0.3, 0.4) is 0 Å². The van der Waals surface area contributed by atoms with Crippen LogP contribution in [-0.4, -0.2) is 28.1 Å². The second-order valence-corrected chi connectivity index (χ2v) is 7.80. The number of ether oxygens (including phenoxy) is 1. The summed E-state index contributed by atoms with van der Waals surface area (Å²) >= 11 is 0. The monoisotopic (exact) mass is 364 g/mol. The molecule has 0 aromatic heterocycles. The molecule has 1 heterocycles. The van der Waals surface area contributed by atoms with Crippen LogP contribution >= 0.6 is 0 Å². The summed E-state index contributed by atoms with van der Waals surface area (Å²) in [4.78, 5) is 2.33. The van der Waals surface area contributed by atoms with Crippen molar-refractivity contribution >= 4 is 15.7 Å². The lowest BCUT2D eigenvalue weighted by molar-refractivity contribution is 0.222. The lowest BCUT2D eigenvalue weighted by Crippen LogP contribution is -2.35. The average molecular weight is 364 g/mol. The number of anilines is 1. The number of nitrogens with zero attached hydrogens (tertiary/aromatic N) is 1. The molecule has 0 radical (unpaired) electrons. The smallest absolute Gasteiger partial charge is 0.238 e. The maximum absolute atomic E-state index is 13.1.